The van der Waals surface area contributed by atoms with E-state index < -0.39 is 0 Å². The van der Waals surface area contributed by atoms with Crippen LogP contribution in [-0.2, 0) is 6.54 Å². The van der Waals surface area contributed by atoms with E-state index in [1.54, 1.807) is 23.8 Å². The maximum absolute atomic E-state index is 12.3. The van der Waals surface area contributed by atoms with E-state index >= 15 is 0 Å². The third kappa shape index (κ3) is 2.42. The predicted molar refractivity (Wildman–Crippen MR) is 79.4 cm³/mol. The first kappa shape index (κ1) is 13.9. The zero-order valence-corrected chi connectivity index (χ0v) is 11.5. The third-order valence-corrected chi connectivity index (χ3v) is 3.15. The molecular formula is C15H17N3O2. The molecule has 0 saturated carbocycles. The quantitative estimate of drug-likeness (QED) is 0.657. The highest BCUT2D eigenvalue weighted by Gasteiger charge is 2.11. The molecule has 0 atom stereocenters. The van der Waals surface area contributed by atoms with Crippen LogP contribution in [0.4, 0.5) is 0 Å². The van der Waals surface area contributed by atoms with Gasteiger partial charge in [-0.1, -0.05) is 12.1 Å². The first-order valence-electron chi connectivity index (χ1n) is 6.31. The Morgan fingerprint density at radius 1 is 1.35 bits per heavy atom. The summed E-state index contributed by atoms with van der Waals surface area (Å²) in [5, 5.41) is 7.43. The van der Waals surface area contributed by atoms with Crippen LogP contribution in [0.2, 0.25) is 0 Å². The minimum Gasteiger partial charge on any atom is -0.497 e. The maximum Gasteiger partial charge on any atom is 0.261 e. The number of hydrogen-bond acceptors (Lipinski definition) is 3. The van der Waals surface area contributed by atoms with Crippen molar-refractivity contribution < 1.29 is 4.74 Å². The molecule has 2 rings (SSSR count). The molecule has 0 radical (unpaired) electrons. The van der Waals surface area contributed by atoms with Gasteiger partial charge >= 0.3 is 0 Å². The highest BCUT2D eigenvalue weighted by molar-refractivity contribution is 5.94. The van der Waals surface area contributed by atoms with E-state index in [9.17, 15) is 4.79 Å². The molecule has 0 unspecified atom stereocenters. The number of aromatic nitrogens is 1. The van der Waals surface area contributed by atoms with Crippen LogP contribution in [-0.4, -0.2) is 17.5 Å². The summed E-state index contributed by atoms with van der Waals surface area (Å²) in [7, 11) is 1.60. The summed E-state index contributed by atoms with van der Waals surface area (Å²) < 4.78 is 6.80. The summed E-state index contributed by atoms with van der Waals surface area (Å²) in [6, 6.07) is 10.9. The van der Waals surface area contributed by atoms with Gasteiger partial charge in [-0.2, -0.15) is 0 Å². The Morgan fingerprint density at radius 3 is 2.70 bits per heavy atom. The van der Waals surface area contributed by atoms with Gasteiger partial charge in [-0.15, -0.1) is 0 Å². The van der Waals surface area contributed by atoms with E-state index in [0.717, 1.165) is 17.0 Å². The Labute approximate surface area is 117 Å². The molecule has 1 heterocycles. The van der Waals surface area contributed by atoms with Gasteiger partial charge in [0.05, 0.1) is 18.4 Å². The average Bonchev–Trinajstić information content (AvgIpc) is 2.46. The van der Waals surface area contributed by atoms with Crippen molar-refractivity contribution in [3.05, 3.63) is 52.3 Å². The Hall–Kier alpha value is -2.56. The van der Waals surface area contributed by atoms with E-state index in [1.807, 2.05) is 31.2 Å². The number of rotatable bonds is 4. The monoisotopic (exact) mass is 271 g/mol. The van der Waals surface area contributed by atoms with Gasteiger partial charge in [0.2, 0.25) is 0 Å². The van der Waals surface area contributed by atoms with Crippen LogP contribution >= 0.6 is 0 Å². The molecule has 5 heteroatoms. The molecule has 0 amide bonds. The molecule has 104 valence electrons. The normalized spacial score (nSPS) is 10.3. The molecule has 3 N–H and O–H groups in total. The SMILES string of the molecule is CCn1c(-c2cccc(OC)c2)ccc(C(=N)N)c1=O. The van der Waals surface area contributed by atoms with E-state index in [1.165, 1.54) is 0 Å². The number of amidine groups is 1. The van der Waals surface area contributed by atoms with E-state index in [4.69, 9.17) is 15.9 Å². The first-order valence-corrected chi connectivity index (χ1v) is 6.31. The molecule has 0 fully saturated rings. The molecule has 0 spiro atoms. The second kappa shape index (κ2) is 5.61. The van der Waals surface area contributed by atoms with Crippen LogP contribution in [0.3, 0.4) is 0 Å². The molecule has 0 saturated heterocycles. The van der Waals surface area contributed by atoms with Gasteiger partial charge in [0.25, 0.3) is 5.56 Å². The standard InChI is InChI=1S/C15H17N3O2/c1-3-18-13(8-7-12(14(16)17)15(18)19)10-5-4-6-11(9-10)20-2/h4-9H,3H2,1-2H3,(H3,16,17). The lowest BCUT2D eigenvalue weighted by Crippen LogP contribution is -2.30. The van der Waals surface area contributed by atoms with E-state index in [0.29, 0.717) is 6.54 Å². The average molecular weight is 271 g/mol. The van der Waals surface area contributed by atoms with Gasteiger partial charge in [0, 0.05) is 12.1 Å². The van der Waals surface area contributed by atoms with Gasteiger partial charge in [-0.3, -0.25) is 10.2 Å². The van der Waals surface area contributed by atoms with Gasteiger partial charge < -0.3 is 15.0 Å². The van der Waals surface area contributed by atoms with Crippen molar-refractivity contribution >= 4 is 5.84 Å². The zero-order valence-electron chi connectivity index (χ0n) is 11.5. The van der Waals surface area contributed by atoms with Gasteiger partial charge in [-0.05, 0) is 31.2 Å². The lowest BCUT2D eigenvalue weighted by molar-refractivity contribution is 0.415. The molecule has 0 aliphatic rings. The maximum atomic E-state index is 12.3. The summed E-state index contributed by atoms with van der Waals surface area (Å²) in [6.45, 7) is 2.39. The number of nitrogens with two attached hydrogens (primary N) is 1. The van der Waals surface area contributed by atoms with E-state index in [2.05, 4.69) is 0 Å². The van der Waals surface area contributed by atoms with Crippen molar-refractivity contribution in [3.8, 4) is 17.0 Å². The van der Waals surface area contributed by atoms with Crippen molar-refractivity contribution in [1.29, 1.82) is 5.41 Å². The molecule has 1 aromatic carbocycles. The largest absolute Gasteiger partial charge is 0.497 e. The number of nitrogen functional groups attached to an aromatic ring is 1. The Kier molecular flexibility index (Phi) is 3.89. The third-order valence-electron chi connectivity index (χ3n) is 3.15. The molecule has 0 bridgehead atoms. The number of nitrogens with one attached hydrogen (secondary N) is 1. The molecular weight excluding hydrogens is 254 g/mol. The van der Waals surface area contributed by atoms with Crippen LogP contribution < -0.4 is 16.0 Å². The lowest BCUT2D eigenvalue weighted by Gasteiger charge is -2.13. The first-order chi connectivity index (χ1) is 9.58. The summed E-state index contributed by atoms with van der Waals surface area (Å²) in [4.78, 5) is 12.3. The molecule has 1 aromatic heterocycles. The second-order valence-electron chi connectivity index (χ2n) is 4.33. The van der Waals surface area contributed by atoms with Crippen molar-refractivity contribution in [2.24, 2.45) is 5.73 Å². The molecule has 0 aliphatic heterocycles. The Balaban J connectivity index is 2.65. The van der Waals surface area contributed by atoms with Gasteiger partial charge in [0.15, 0.2) is 0 Å². The van der Waals surface area contributed by atoms with Crippen LogP contribution in [0.1, 0.15) is 12.5 Å². The van der Waals surface area contributed by atoms with Crippen molar-refractivity contribution in [1.82, 2.24) is 4.57 Å². The summed E-state index contributed by atoms with van der Waals surface area (Å²) >= 11 is 0. The fraction of sp³-hybridized carbons (Fsp3) is 0.200. The van der Waals surface area contributed by atoms with Crippen LogP contribution in [0, 0.1) is 5.41 Å². The molecule has 0 aliphatic carbocycles. The second-order valence-corrected chi connectivity index (χ2v) is 4.33. The van der Waals surface area contributed by atoms with Crippen molar-refractivity contribution in [2.75, 3.05) is 7.11 Å². The smallest absolute Gasteiger partial charge is 0.261 e. The topological polar surface area (TPSA) is 81.1 Å². The Bertz CT molecular complexity index is 705. The van der Waals surface area contributed by atoms with Crippen LogP contribution in [0.15, 0.2) is 41.2 Å². The highest BCUT2D eigenvalue weighted by Crippen LogP contribution is 2.23. The fourth-order valence-electron chi connectivity index (χ4n) is 2.13. The van der Waals surface area contributed by atoms with Crippen LogP contribution in [0.5, 0.6) is 5.75 Å². The Morgan fingerprint density at radius 2 is 2.10 bits per heavy atom. The summed E-state index contributed by atoms with van der Waals surface area (Å²) in [6.07, 6.45) is 0. The number of ether oxygens (including phenoxy) is 1. The lowest BCUT2D eigenvalue weighted by atomic mass is 10.1. The number of nitrogens with zero attached hydrogens (tertiary/aromatic N) is 1. The van der Waals surface area contributed by atoms with Crippen LogP contribution in [0.25, 0.3) is 11.3 Å². The molecule has 20 heavy (non-hydrogen) atoms. The fourth-order valence-corrected chi connectivity index (χ4v) is 2.13. The minimum absolute atomic E-state index is 0.214. The number of pyridine rings is 1. The summed E-state index contributed by atoms with van der Waals surface area (Å²) in [5.41, 5.74) is 7.06. The minimum atomic E-state index is -0.250. The van der Waals surface area contributed by atoms with Gasteiger partial charge in [0.1, 0.15) is 11.6 Å². The zero-order chi connectivity index (χ0) is 14.7. The molecule has 2 aromatic rings. The highest BCUT2D eigenvalue weighted by atomic mass is 16.5. The van der Waals surface area contributed by atoms with Gasteiger partial charge in [-0.25, -0.2) is 0 Å². The van der Waals surface area contributed by atoms with E-state index in [-0.39, 0.29) is 17.0 Å². The number of benzene rings is 1. The van der Waals surface area contributed by atoms with Crippen molar-refractivity contribution in [3.63, 3.8) is 0 Å². The number of methoxy groups -OCH3 is 1. The predicted octanol–water partition coefficient (Wildman–Crippen LogP) is 1.83. The van der Waals surface area contributed by atoms with Crippen molar-refractivity contribution in [2.45, 2.75) is 13.5 Å². The number of hydrogen-bond donors (Lipinski definition) is 2. The molecule has 5 nitrogen and oxygen atoms in total. The summed E-state index contributed by atoms with van der Waals surface area (Å²) in [5.74, 6) is 0.516.